The number of hydrogen-bond donors (Lipinski definition) is 1. The van der Waals surface area contributed by atoms with Gasteiger partial charge in [0.1, 0.15) is 0 Å². The van der Waals surface area contributed by atoms with E-state index in [1.807, 2.05) is 0 Å². The van der Waals surface area contributed by atoms with Crippen LogP contribution in [0.25, 0.3) is 10.2 Å². The number of rotatable bonds is 3. The SMILES string of the molecule is Cc1ccc2sc(CC(N)C3CC3)nc2c1. The maximum atomic E-state index is 6.13. The lowest BCUT2D eigenvalue weighted by Crippen LogP contribution is -2.24. The predicted octanol–water partition coefficient (Wildman–Crippen LogP) is 2.88. The summed E-state index contributed by atoms with van der Waals surface area (Å²) >= 11 is 1.79. The molecule has 0 aliphatic heterocycles. The largest absolute Gasteiger partial charge is 0.327 e. The molecule has 3 heteroatoms. The second-order valence-electron chi connectivity index (χ2n) is 4.78. The van der Waals surface area contributed by atoms with Crippen LogP contribution in [0.4, 0.5) is 0 Å². The van der Waals surface area contributed by atoms with Crippen molar-refractivity contribution in [1.82, 2.24) is 4.98 Å². The van der Waals surface area contributed by atoms with Gasteiger partial charge in [-0.1, -0.05) is 6.07 Å². The zero-order valence-electron chi connectivity index (χ0n) is 9.44. The van der Waals surface area contributed by atoms with Gasteiger partial charge in [0, 0.05) is 12.5 Å². The summed E-state index contributed by atoms with van der Waals surface area (Å²) in [5.41, 5.74) is 8.53. The minimum Gasteiger partial charge on any atom is -0.327 e. The van der Waals surface area contributed by atoms with E-state index in [0.717, 1.165) is 17.9 Å². The van der Waals surface area contributed by atoms with E-state index in [-0.39, 0.29) is 0 Å². The van der Waals surface area contributed by atoms with Crippen LogP contribution >= 0.6 is 11.3 Å². The van der Waals surface area contributed by atoms with Gasteiger partial charge in [-0.15, -0.1) is 11.3 Å². The first-order valence-corrected chi connectivity index (χ1v) is 6.65. The van der Waals surface area contributed by atoms with Crippen molar-refractivity contribution >= 4 is 21.6 Å². The van der Waals surface area contributed by atoms with E-state index in [1.54, 1.807) is 11.3 Å². The monoisotopic (exact) mass is 232 g/mol. The van der Waals surface area contributed by atoms with Gasteiger partial charge in [0.2, 0.25) is 0 Å². The van der Waals surface area contributed by atoms with Gasteiger partial charge in [0.05, 0.1) is 15.2 Å². The molecule has 2 aromatic rings. The minimum atomic E-state index is 0.321. The molecule has 1 aromatic heterocycles. The molecular formula is C13H16N2S. The summed E-state index contributed by atoms with van der Waals surface area (Å²) in [7, 11) is 0. The summed E-state index contributed by atoms with van der Waals surface area (Å²) in [6.45, 7) is 2.11. The summed E-state index contributed by atoms with van der Waals surface area (Å²) in [6, 6.07) is 6.78. The molecular weight excluding hydrogens is 216 g/mol. The van der Waals surface area contributed by atoms with Gasteiger partial charge in [-0.3, -0.25) is 0 Å². The molecule has 1 heterocycles. The molecule has 1 unspecified atom stereocenters. The van der Waals surface area contributed by atoms with Crippen molar-refractivity contribution in [2.24, 2.45) is 11.7 Å². The molecule has 2 nitrogen and oxygen atoms in total. The van der Waals surface area contributed by atoms with Gasteiger partial charge in [0.15, 0.2) is 0 Å². The van der Waals surface area contributed by atoms with E-state index >= 15 is 0 Å². The highest BCUT2D eigenvalue weighted by Crippen LogP contribution is 2.34. The standard InChI is InChI=1S/C13H16N2S/c1-8-2-5-12-11(6-8)15-13(16-12)7-10(14)9-3-4-9/h2,5-6,9-10H,3-4,7,14H2,1H3. The van der Waals surface area contributed by atoms with E-state index in [4.69, 9.17) is 5.73 Å². The normalized spacial score (nSPS) is 17.9. The fraction of sp³-hybridized carbons (Fsp3) is 0.462. The van der Waals surface area contributed by atoms with Crippen LogP contribution in [-0.2, 0) is 6.42 Å². The second-order valence-corrected chi connectivity index (χ2v) is 5.90. The van der Waals surface area contributed by atoms with Crippen LogP contribution in [0.5, 0.6) is 0 Å². The first kappa shape index (κ1) is 10.2. The lowest BCUT2D eigenvalue weighted by molar-refractivity contribution is 0.590. The van der Waals surface area contributed by atoms with Gasteiger partial charge in [-0.25, -0.2) is 4.98 Å². The van der Waals surface area contributed by atoms with Crippen LogP contribution in [0.3, 0.4) is 0 Å². The maximum absolute atomic E-state index is 6.13. The lowest BCUT2D eigenvalue weighted by Gasteiger charge is -2.06. The molecule has 0 bridgehead atoms. The number of fused-ring (bicyclic) bond motifs is 1. The van der Waals surface area contributed by atoms with Gasteiger partial charge >= 0.3 is 0 Å². The third-order valence-electron chi connectivity index (χ3n) is 3.23. The number of nitrogens with two attached hydrogens (primary N) is 1. The Bertz CT molecular complexity index is 514. The summed E-state index contributed by atoms with van der Waals surface area (Å²) in [5.74, 6) is 0.758. The number of benzene rings is 1. The van der Waals surface area contributed by atoms with E-state index in [9.17, 15) is 0 Å². The quantitative estimate of drug-likeness (QED) is 0.883. The van der Waals surface area contributed by atoms with Crippen molar-refractivity contribution < 1.29 is 0 Å². The number of aryl methyl sites for hydroxylation is 1. The minimum absolute atomic E-state index is 0.321. The van der Waals surface area contributed by atoms with E-state index in [2.05, 4.69) is 30.1 Å². The molecule has 1 saturated carbocycles. The summed E-state index contributed by atoms with van der Waals surface area (Å²) < 4.78 is 1.28. The number of aromatic nitrogens is 1. The molecule has 1 aliphatic rings. The molecule has 1 aliphatic carbocycles. The van der Waals surface area contributed by atoms with Gasteiger partial charge < -0.3 is 5.73 Å². The summed E-state index contributed by atoms with van der Waals surface area (Å²) in [4.78, 5) is 4.66. The van der Waals surface area contributed by atoms with Crippen molar-refractivity contribution in [3.63, 3.8) is 0 Å². The molecule has 1 fully saturated rings. The average Bonchev–Trinajstić information content (AvgIpc) is 3.00. The lowest BCUT2D eigenvalue weighted by atomic mass is 10.1. The number of thiazole rings is 1. The van der Waals surface area contributed by atoms with Crippen LogP contribution in [-0.4, -0.2) is 11.0 Å². The molecule has 0 radical (unpaired) electrons. The highest BCUT2D eigenvalue weighted by molar-refractivity contribution is 7.18. The van der Waals surface area contributed by atoms with Crippen LogP contribution in [0.15, 0.2) is 18.2 Å². The van der Waals surface area contributed by atoms with Crippen molar-refractivity contribution in [2.45, 2.75) is 32.2 Å². The Morgan fingerprint density at radius 3 is 3.06 bits per heavy atom. The third kappa shape index (κ3) is 1.97. The molecule has 16 heavy (non-hydrogen) atoms. The van der Waals surface area contributed by atoms with Crippen molar-refractivity contribution in [3.8, 4) is 0 Å². The number of nitrogens with zero attached hydrogens (tertiary/aromatic N) is 1. The predicted molar refractivity (Wildman–Crippen MR) is 68.8 cm³/mol. The topological polar surface area (TPSA) is 38.9 Å². The Hall–Kier alpha value is -0.930. The molecule has 1 aromatic carbocycles. The van der Waals surface area contributed by atoms with Crippen LogP contribution in [0.1, 0.15) is 23.4 Å². The van der Waals surface area contributed by atoms with Gasteiger partial charge in [-0.05, 0) is 43.4 Å². The van der Waals surface area contributed by atoms with Gasteiger partial charge in [0.25, 0.3) is 0 Å². The maximum Gasteiger partial charge on any atom is 0.0954 e. The molecule has 3 rings (SSSR count). The smallest absolute Gasteiger partial charge is 0.0954 e. The van der Waals surface area contributed by atoms with Crippen molar-refractivity contribution in [1.29, 1.82) is 0 Å². The average molecular weight is 232 g/mol. The van der Waals surface area contributed by atoms with Crippen LogP contribution in [0.2, 0.25) is 0 Å². The zero-order chi connectivity index (χ0) is 11.1. The van der Waals surface area contributed by atoms with Crippen LogP contribution in [0, 0.1) is 12.8 Å². The molecule has 0 spiro atoms. The molecule has 84 valence electrons. The van der Waals surface area contributed by atoms with E-state index in [0.29, 0.717) is 6.04 Å². The Morgan fingerprint density at radius 1 is 1.50 bits per heavy atom. The fourth-order valence-corrected chi connectivity index (χ4v) is 3.08. The van der Waals surface area contributed by atoms with E-state index in [1.165, 1.54) is 28.1 Å². The zero-order valence-corrected chi connectivity index (χ0v) is 10.3. The highest BCUT2D eigenvalue weighted by atomic mass is 32.1. The van der Waals surface area contributed by atoms with Crippen molar-refractivity contribution in [2.75, 3.05) is 0 Å². The second kappa shape index (κ2) is 3.82. The third-order valence-corrected chi connectivity index (χ3v) is 4.28. The van der Waals surface area contributed by atoms with Crippen molar-refractivity contribution in [3.05, 3.63) is 28.8 Å². The summed E-state index contributed by atoms with van der Waals surface area (Å²) in [5, 5.41) is 1.19. The molecule has 0 amide bonds. The Morgan fingerprint density at radius 2 is 2.31 bits per heavy atom. The number of hydrogen-bond acceptors (Lipinski definition) is 3. The highest BCUT2D eigenvalue weighted by Gasteiger charge is 2.29. The van der Waals surface area contributed by atoms with Crippen LogP contribution < -0.4 is 5.73 Å². The molecule has 0 saturated heterocycles. The van der Waals surface area contributed by atoms with Gasteiger partial charge in [-0.2, -0.15) is 0 Å². The molecule has 1 atom stereocenters. The first-order chi connectivity index (χ1) is 7.72. The Labute approximate surface area is 99.5 Å². The fourth-order valence-electron chi connectivity index (χ4n) is 2.07. The molecule has 2 N–H and O–H groups in total. The Balaban J connectivity index is 1.86. The summed E-state index contributed by atoms with van der Waals surface area (Å²) in [6.07, 6.45) is 3.57. The van der Waals surface area contributed by atoms with E-state index < -0.39 is 0 Å². The Kier molecular flexibility index (Phi) is 2.45. The first-order valence-electron chi connectivity index (χ1n) is 5.84.